The SMILES string of the molecule is Cc1ccc(-n2nnnc2CN)cc1Cl.Cl. The van der Waals surface area contributed by atoms with Crippen LogP contribution in [0, 0.1) is 6.92 Å². The number of tetrazole rings is 1. The van der Waals surface area contributed by atoms with Crippen LogP contribution in [-0.4, -0.2) is 20.2 Å². The molecule has 86 valence electrons. The van der Waals surface area contributed by atoms with Crippen LogP contribution in [0.5, 0.6) is 0 Å². The Hall–Kier alpha value is -1.17. The summed E-state index contributed by atoms with van der Waals surface area (Å²) in [6.07, 6.45) is 0. The molecule has 2 N–H and O–H groups in total. The number of halogens is 2. The van der Waals surface area contributed by atoms with Crippen LogP contribution in [0.4, 0.5) is 0 Å². The predicted octanol–water partition coefficient (Wildman–Crippen LogP) is 1.50. The molecule has 0 aliphatic rings. The molecule has 0 saturated carbocycles. The van der Waals surface area contributed by atoms with Gasteiger partial charge in [0.15, 0.2) is 5.82 Å². The first-order chi connectivity index (χ1) is 7.22. The number of hydrogen-bond donors (Lipinski definition) is 1. The molecule has 0 fully saturated rings. The van der Waals surface area contributed by atoms with E-state index in [0.29, 0.717) is 17.4 Å². The highest BCUT2D eigenvalue weighted by Crippen LogP contribution is 2.19. The summed E-state index contributed by atoms with van der Waals surface area (Å²) in [5, 5.41) is 11.9. The Morgan fingerprint density at radius 2 is 2.19 bits per heavy atom. The third kappa shape index (κ3) is 2.32. The van der Waals surface area contributed by atoms with E-state index in [2.05, 4.69) is 15.5 Å². The molecular formula is C9H11Cl2N5. The minimum atomic E-state index is 0. The molecule has 7 heteroatoms. The predicted molar refractivity (Wildman–Crippen MR) is 64.0 cm³/mol. The molecule has 0 aliphatic carbocycles. The van der Waals surface area contributed by atoms with Crippen LogP contribution in [0.1, 0.15) is 11.4 Å². The zero-order chi connectivity index (χ0) is 10.8. The minimum absolute atomic E-state index is 0. The molecule has 1 aromatic carbocycles. The summed E-state index contributed by atoms with van der Waals surface area (Å²) in [5.74, 6) is 0.606. The quantitative estimate of drug-likeness (QED) is 0.888. The number of nitrogens with zero attached hydrogens (tertiary/aromatic N) is 4. The topological polar surface area (TPSA) is 69.6 Å². The Morgan fingerprint density at radius 1 is 1.44 bits per heavy atom. The maximum atomic E-state index is 6.01. The lowest BCUT2D eigenvalue weighted by atomic mass is 10.2. The van der Waals surface area contributed by atoms with Gasteiger partial charge in [-0.2, -0.15) is 4.68 Å². The standard InChI is InChI=1S/C9H10ClN5.ClH/c1-6-2-3-7(4-8(6)10)15-9(5-11)12-13-14-15;/h2-4H,5,11H2,1H3;1H. The molecule has 0 spiro atoms. The summed E-state index contributed by atoms with van der Waals surface area (Å²) in [5.41, 5.74) is 7.34. The zero-order valence-corrected chi connectivity index (χ0v) is 10.2. The summed E-state index contributed by atoms with van der Waals surface area (Å²) in [4.78, 5) is 0. The molecule has 0 atom stereocenters. The van der Waals surface area contributed by atoms with Crippen LogP contribution in [0.2, 0.25) is 5.02 Å². The van der Waals surface area contributed by atoms with E-state index in [1.807, 2.05) is 25.1 Å². The van der Waals surface area contributed by atoms with Crippen molar-refractivity contribution in [3.05, 3.63) is 34.6 Å². The normalized spacial score (nSPS) is 9.94. The van der Waals surface area contributed by atoms with Crippen molar-refractivity contribution in [1.82, 2.24) is 20.2 Å². The van der Waals surface area contributed by atoms with Gasteiger partial charge in [-0.05, 0) is 35.0 Å². The van der Waals surface area contributed by atoms with E-state index in [1.54, 1.807) is 4.68 Å². The molecule has 5 nitrogen and oxygen atoms in total. The van der Waals surface area contributed by atoms with Gasteiger partial charge in [-0.25, -0.2) is 0 Å². The van der Waals surface area contributed by atoms with Crippen LogP contribution < -0.4 is 5.73 Å². The first-order valence-electron chi connectivity index (χ1n) is 4.46. The zero-order valence-electron chi connectivity index (χ0n) is 8.59. The Kier molecular flexibility index (Phi) is 4.23. The second kappa shape index (κ2) is 5.25. The summed E-state index contributed by atoms with van der Waals surface area (Å²) >= 11 is 6.01. The molecule has 0 radical (unpaired) electrons. The Balaban J connectivity index is 0.00000128. The van der Waals surface area contributed by atoms with Crippen molar-refractivity contribution in [2.24, 2.45) is 5.73 Å². The fraction of sp³-hybridized carbons (Fsp3) is 0.222. The van der Waals surface area contributed by atoms with Gasteiger partial charge in [0.05, 0.1) is 12.2 Å². The highest BCUT2D eigenvalue weighted by atomic mass is 35.5. The van der Waals surface area contributed by atoms with Crippen molar-refractivity contribution < 1.29 is 0 Å². The Morgan fingerprint density at radius 3 is 2.81 bits per heavy atom. The molecule has 0 amide bonds. The second-order valence-corrected chi connectivity index (χ2v) is 3.55. The van der Waals surface area contributed by atoms with Crippen molar-refractivity contribution in [2.75, 3.05) is 0 Å². The van der Waals surface area contributed by atoms with Gasteiger partial charge in [0, 0.05) is 5.02 Å². The maximum absolute atomic E-state index is 6.01. The van der Waals surface area contributed by atoms with Crippen LogP contribution in [0.25, 0.3) is 5.69 Å². The molecule has 1 heterocycles. The number of nitrogens with two attached hydrogens (primary N) is 1. The molecule has 1 aromatic heterocycles. The summed E-state index contributed by atoms with van der Waals surface area (Å²) in [6, 6.07) is 5.63. The number of rotatable bonds is 2. The van der Waals surface area contributed by atoms with Crippen LogP contribution in [0.3, 0.4) is 0 Å². The number of aryl methyl sites for hydroxylation is 1. The van der Waals surface area contributed by atoms with E-state index in [0.717, 1.165) is 11.3 Å². The van der Waals surface area contributed by atoms with E-state index < -0.39 is 0 Å². The van der Waals surface area contributed by atoms with Gasteiger partial charge in [0.2, 0.25) is 0 Å². The van der Waals surface area contributed by atoms with E-state index >= 15 is 0 Å². The first-order valence-corrected chi connectivity index (χ1v) is 4.84. The first kappa shape index (κ1) is 12.9. The average Bonchev–Trinajstić information content (AvgIpc) is 2.70. The highest BCUT2D eigenvalue weighted by Gasteiger charge is 2.07. The molecule has 0 unspecified atom stereocenters. The van der Waals surface area contributed by atoms with Gasteiger partial charge in [0.1, 0.15) is 0 Å². The molecule has 0 saturated heterocycles. The summed E-state index contributed by atoms with van der Waals surface area (Å²) in [6.45, 7) is 2.23. The van der Waals surface area contributed by atoms with Gasteiger partial charge >= 0.3 is 0 Å². The average molecular weight is 260 g/mol. The number of aromatic nitrogens is 4. The molecule has 0 bridgehead atoms. The van der Waals surface area contributed by atoms with Crippen LogP contribution in [-0.2, 0) is 6.54 Å². The third-order valence-corrected chi connectivity index (χ3v) is 2.52. The molecule has 2 aromatic rings. The van der Waals surface area contributed by atoms with E-state index in [1.165, 1.54) is 0 Å². The van der Waals surface area contributed by atoms with Gasteiger partial charge in [-0.3, -0.25) is 0 Å². The van der Waals surface area contributed by atoms with Crippen molar-refractivity contribution in [1.29, 1.82) is 0 Å². The van der Waals surface area contributed by atoms with E-state index in [-0.39, 0.29) is 12.4 Å². The Labute approximate surface area is 104 Å². The molecule has 2 rings (SSSR count). The fourth-order valence-electron chi connectivity index (χ4n) is 1.25. The van der Waals surface area contributed by atoms with Crippen molar-refractivity contribution in [3.63, 3.8) is 0 Å². The number of hydrogen-bond acceptors (Lipinski definition) is 4. The second-order valence-electron chi connectivity index (χ2n) is 3.14. The number of benzene rings is 1. The Bertz CT molecular complexity index is 483. The minimum Gasteiger partial charge on any atom is -0.324 e. The van der Waals surface area contributed by atoms with Gasteiger partial charge in [0.25, 0.3) is 0 Å². The smallest absolute Gasteiger partial charge is 0.170 e. The maximum Gasteiger partial charge on any atom is 0.170 e. The summed E-state index contributed by atoms with van der Waals surface area (Å²) < 4.78 is 1.57. The lowest BCUT2D eigenvalue weighted by Gasteiger charge is -2.04. The monoisotopic (exact) mass is 259 g/mol. The van der Waals surface area contributed by atoms with Crippen LogP contribution >= 0.6 is 24.0 Å². The van der Waals surface area contributed by atoms with E-state index in [9.17, 15) is 0 Å². The molecule has 16 heavy (non-hydrogen) atoms. The largest absolute Gasteiger partial charge is 0.324 e. The van der Waals surface area contributed by atoms with Crippen molar-refractivity contribution >= 4 is 24.0 Å². The van der Waals surface area contributed by atoms with Gasteiger partial charge < -0.3 is 5.73 Å². The van der Waals surface area contributed by atoms with Crippen LogP contribution in [0.15, 0.2) is 18.2 Å². The molecule has 0 aliphatic heterocycles. The highest BCUT2D eigenvalue weighted by molar-refractivity contribution is 6.31. The van der Waals surface area contributed by atoms with E-state index in [4.69, 9.17) is 17.3 Å². The molecular weight excluding hydrogens is 249 g/mol. The van der Waals surface area contributed by atoms with Gasteiger partial charge in [-0.15, -0.1) is 17.5 Å². The fourth-order valence-corrected chi connectivity index (χ4v) is 1.42. The lowest BCUT2D eigenvalue weighted by Crippen LogP contribution is -2.08. The lowest BCUT2D eigenvalue weighted by molar-refractivity contribution is 0.761. The van der Waals surface area contributed by atoms with Crippen molar-refractivity contribution in [3.8, 4) is 5.69 Å². The summed E-state index contributed by atoms with van der Waals surface area (Å²) in [7, 11) is 0. The van der Waals surface area contributed by atoms with Gasteiger partial charge in [-0.1, -0.05) is 17.7 Å². The van der Waals surface area contributed by atoms with Crippen molar-refractivity contribution in [2.45, 2.75) is 13.5 Å². The third-order valence-electron chi connectivity index (χ3n) is 2.12.